The SMILES string of the molecule is Cc1ncc(Cc2ccc(C#N)c(F)c2)[nH]1. The molecule has 16 heavy (non-hydrogen) atoms. The van der Waals surface area contributed by atoms with Gasteiger partial charge in [0.25, 0.3) is 0 Å². The van der Waals surface area contributed by atoms with Crippen LogP contribution >= 0.6 is 0 Å². The second kappa shape index (κ2) is 4.15. The maximum absolute atomic E-state index is 13.3. The van der Waals surface area contributed by atoms with Gasteiger partial charge in [-0.25, -0.2) is 9.37 Å². The molecule has 0 saturated carbocycles. The van der Waals surface area contributed by atoms with Crippen LogP contribution < -0.4 is 0 Å². The van der Waals surface area contributed by atoms with Gasteiger partial charge in [0.1, 0.15) is 17.7 Å². The minimum absolute atomic E-state index is 0.0736. The van der Waals surface area contributed by atoms with Crippen LogP contribution in [0.5, 0.6) is 0 Å². The number of halogens is 1. The van der Waals surface area contributed by atoms with Crippen molar-refractivity contribution in [3.8, 4) is 6.07 Å². The Morgan fingerprint density at radius 2 is 2.31 bits per heavy atom. The summed E-state index contributed by atoms with van der Waals surface area (Å²) in [6, 6.07) is 6.42. The Kier molecular flexibility index (Phi) is 2.69. The maximum atomic E-state index is 13.3. The number of nitriles is 1. The Labute approximate surface area is 92.6 Å². The second-order valence-electron chi connectivity index (χ2n) is 3.60. The number of hydrogen-bond donors (Lipinski definition) is 1. The largest absolute Gasteiger partial charge is 0.346 e. The van der Waals surface area contributed by atoms with Crippen molar-refractivity contribution in [3.63, 3.8) is 0 Å². The van der Waals surface area contributed by atoms with E-state index in [9.17, 15) is 4.39 Å². The molecule has 0 radical (unpaired) electrons. The van der Waals surface area contributed by atoms with E-state index < -0.39 is 5.82 Å². The molecular formula is C12H10FN3. The summed E-state index contributed by atoms with van der Waals surface area (Å²) in [6.45, 7) is 1.86. The molecule has 0 bridgehead atoms. The van der Waals surface area contributed by atoms with Crippen LogP contribution in [0.25, 0.3) is 0 Å². The molecule has 1 N–H and O–H groups in total. The zero-order valence-corrected chi connectivity index (χ0v) is 8.79. The zero-order valence-electron chi connectivity index (χ0n) is 8.79. The Morgan fingerprint density at radius 3 is 2.88 bits per heavy atom. The molecule has 0 aliphatic rings. The summed E-state index contributed by atoms with van der Waals surface area (Å²) < 4.78 is 13.3. The lowest BCUT2D eigenvalue weighted by Crippen LogP contribution is -1.92. The van der Waals surface area contributed by atoms with Crippen LogP contribution in [0.15, 0.2) is 24.4 Å². The minimum atomic E-state index is -0.476. The van der Waals surface area contributed by atoms with Crippen LogP contribution in [0.1, 0.15) is 22.6 Å². The molecular weight excluding hydrogens is 205 g/mol. The van der Waals surface area contributed by atoms with Crippen molar-refractivity contribution in [2.45, 2.75) is 13.3 Å². The van der Waals surface area contributed by atoms with Crippen molar-refractivity contribution in [3.05, 3.63) is 52.9 Å². The van der Waals surface area contributed by atoms with Gasteiger partial charge in [-0.2, -0.15) is 5.26 Å². The standard InChI is InChI=1S/C12H10FN3/c1-8-15-7-11(16-8)4-9-2-3-10(6-14)12(13)5-9/h2-3,5,7H,4H2,1H3,(H,15,16). The number of aromatic amines is 1. The molecule has 3 nitrogen and oxygen atoms in total. The molecule has 80 valence electrons. The number of benzene rings is 1. The number of nitrogens with zero attached hydrogens (tertiary/aromatic N) is 2. The van der Waals surface area contributed by atoms with Crippen LogP contribution in [0.3, 0.4) is 0 Å². The van der Waals surface area contributed by atoms with Crippen molar-refractivity contribution in [2.24, 2.45) is 0 Å². The Hall–Kier alpha value is -2.15. The fraction of sp³-hybridized carbons (Fsp3) is 0.167. The van der Waals surface area contributed by atoms with Gasteiger partial charge in [-0.05, 0) is 24.6 Å². The topological polar surface area (TPSA) is 52.5 Å². The molecule has 0 unspecified atom stereocenters. The number of H-pyrrole nitrogens is 1. The number of hydrogen-bond acceptors (Lipinski definition) is 2. The molecule has 0 saturated heterocycles. The lowest BCUT2D eigenvalue weighted by Gasteiger charge is -2.00. The van der Waals surface area contributed by atoms with Gasteiger partial charge in [0.15, 0.2) is 0 Å². The van der Waals surface area contributed by atoms with Gasteiger partial charge in [-0.3, -0.25) is 0 Å². The fourth-order valence-corrected chi connectivity index (χ4v) is 1.54. The lowest BCUT2D eigenvalue weighted by molar-refractivity contribution is 0.622. The molecule has 0 aliphatic carbocycles. The molecule has 0 spiro atoms. The predicted octanol–water partition coefficient (Wildman–Crippen LogP) is 2.32. The van der Waals surface area contributed by atoms with Crippen LogP contribution in [0.4, 0.5) is 4.39 Å². The Balaban J connectivity index is 2.23. The summed E-state index contributed by atoms with van der Waals surface area (Å²) in [4.78, 5) is 7.14. The highest BCUT2D eigenvalue weighted by Gasteiger charge is 2.04. The van der Waals surface area contributed by atoms with Crippen molar-refractivity contribution in [2.75, 3.05) is 0 Å². The number of nitrogens with one attached hydrogen (secondary N) is 1. The highest BCUT2D eigenvalue weighted by molar-refractivity contribution is 5.34. The summed E-state index contributed by atoms with van der Waals surface area (Å²) in [6.07, 6.45) is 2.31. The minimum Gasteiger partial charge on any atom is -0.346 e. The molecule has 0 fully saturated rings. The molecule has 1 aromatic carbocycles. The van der Waals surface area contributed by atoms with E-state index in [0.29, 0.717) is 6.42 Å². The molecule has 1 heterocycles. The first-order valence-corrected chi connectivity index (χ1v) is 4.88. The number of aromatic nitrogens is 2. The maximum Gasteiger partial charge on any atom is 0.141 e. The van der Waals surface area contributed by atoms with Gasteiger partial charge < -0.3 is 4.98 Å². The lowest BCUT2D eigenvalue weighted by atomic mass is 10.1. The predicted molar refractivity (Wildman–Crippen MR) is 57.2 cm³/mol. The van der Waals surface area contributed by atoms with E-state index in [2.05, 4.69) is 9.97 Å². The van der Waals surface area contributed by atoms with Crippen LogP contribution in [-0.2, 0) is 6.42 Å². The molecule has 0 atom stereocenters. The first kappa shape index (κ1) is 10.4. The number of imidazole rings is 1. The summed E-state index contributed by atoms with van der Waals surface area (Å²) in [5, 5.41) is 8.60. The van der Waals surface area contributed by atoms with Crippen LogP contribution in [-0.4, -0.2) is 9.97 Å². The molecule has 2 rings (SSSR count). The van der Waals surface area contributed by atoms with E-state index in [1.165, 1.54) is 12.1 Å². The third-order valence-corrected chi connectivity index (χ3v) is 2.30. The van der Waals surface area contributed by atoms with Gasteiger partial charge in [0, 0.05) is 18.3 Å². The van der Waals surface area contributed by atoms with Crippen molar-refractivity contribution < 1.29 is 4.39 Å². The van der Waals surface area contributed by atoms with Crippen molar-refractivity contribution >= 4 is 0 Å². The monoisotopic (exact) mass is 215 g/mol. The molecule has 0 aliphatic heterocycles. The average molecular weight is 215 g/mol. The molecule has 0 amide bonds. The van der Waals surface area contributed by atoms with E-state index in [1.54, 1.807) is 18.3 Å². The van der Waals surface area contributed by atoms with Gasteiger partial charge >= 0.3 is 0 Å². The molecule has 2 aromatic rings. The Bertz CT molecular complexity index is 552. The van der Waals surface area contributed by atoms with E-state index in [1.807, 2.05) is 6.92 Å². The van der Waals surface area contributed by atoms with Crippen molar-refractivity contribution in [1.82, 2.24) is 9.97 Å². The molecule has 4 heteroatoms. The van der Waals surface area contributed by atoms with Crippen LogP contribution in [0.2, 0.25) is 0 Å². The van der Waals surface area contributed by atoms with E-state index in [-0.39, 0.29) is 5.56 Å². The van der Waals surface area contributed by atoms with Gasteiger partial charge in [0.2, 0.25) is 0 Å². The first-order valence-electron chi connectivity index (χ1n) is 4.88. The van der Waals surface area contributed by atoms with E-state index in [4.69, 9.17) is 5.26 Å². The normalized spacial score (nSPS) is 10.1. The average Bonchev–Trinajstić information content (AvgIpc) is 2.64. The summed E-state index contributed by atoms with van der Waals surface area (Å²) in [5.74, 6) is 0.361. The summed E-state index contributed by atoms with van der Waals surface area (Å²) in [7, 11) is 0. The van der Waals surface area contributed by atoms with E-state index in [0.717, 1.165) is 17.1 Å². The second-order valence-corrected chi connectivity index (χ2v) is 3.60. The quantitative estimate of drug-likeness (QED) is 0.835. The highest BCUT2D eigenvalue weighted by atomic mass is 19.1. The van der Waals surface area contributed by atoms with Gasteiger partial charge in [-0.15, -0.1) is 0 Å². The van der Waals surface area contributed by atoms with Gasteiger partial charge in [0.05, 0.1) is 5.56 Å². The third-order valence-electron chi connectivity index (χ3n) is 2.30. The smallest absolute Gasteiger partial charge is 0.141 e. The number of rotatable bonds is 2. The first-order chi connectivity index (χ1) is 7.69. The highest BCUT2D eigenvalue weighted by Crippen LogP contribution is 2.12. The van der Waals surface area contributed by atoms with Crippen molar-refractivity contribution in [1.29, 1.82) is 5.26 Å². The Morgan fingerprint density at radius 1 is 1.50 bits per heavy atom. The summed E-state index contributed by atoms with van der Waals surface area (Å²) in [5.41, 5.74) is 1.83. The third kappa shape index (κ3) is 2.09. The van der Waals surface area contributed by atoms with Gasteiger partial charge in [-0.1, -0.05) is 6.07 Å². The zero-order chi connectivity index (χ0) is 11.5. The molecule has 1 aromatic heterocycles. The fourth-order valence-electron chi connectivity index (χ4n) is 1.54. The number of aryl methyl sites for hydroxylation is 1. The van der Waals surface area contributed by atoms with E-state index >= 15 is 0 Å². The summed E-state index contributed by atoms with van der Waals surface area (Å²) >= 11 is 0. The van der Waals surface area contributed by atoms with Crippen LogP contribution in [0, 0.1) is 24.1 Å².